The van der Waals surface area contributed by atoms with Gasteiger partial charge in [-0.3, -0.25) is 4.79 Å². The van der Waals surface area contributed by atoms with Crippen molar-refractivity contribution in [3.63, 3.8) is 0 Å². The molecular formula is C11H13N3O5. The smallest absolute Gasteiger partial charge is 0.276 e. The first kappa shape index (κ1) is 12.3. The van der Waals surface area contributed by atoms with Crippen LogP contribution in [0.4, 0.5) is 0 Å². The number of nitrogens with zero attached hydrogens (tertiary/aromatic N) is 2. The highest BCUT2D eigenvalue weighted by Gasteiger charge is 2.43. The number of H-pyrrole nitrogens is 1. The number of imidazole rings is 1. The van der Waals surface area contributed by atoms with Crippen LogP contribution in [0.3, 0.4) is 0 Å². The normalized spacial score (nSPS) is 31.1. The predicted molar refractivity (Wildman–Crippen MR) is 63.4 cm³/mol. The molecule has 2 aromatic heterocycles. The molecule has 0 radical (unpaired) electrons. The lowest BCUT2D eigenvalue weighted by atomic mass is 10.1. The van der Waals surface area contributed by atoms with E-state index in [4.69, 9.17) is 9.84 Å². The van der Waals surface area contributed by atoms with E-state index in [1.54, 1.807) is 6.07 Å². The number of nitrogens with one attached hydrogen (secondary N) is 1. The Morgan fingerprint density at radius 2 is 2.21 bits per heavy atom. The third kappa shape index (κ3) is 1.77. The van der Waals surface area contributed by atoms with Gasteiger partial charge in [-0.15, -0.1) is 0 Å². The van der Waals surface area contributed by atoms with E-state index < -0.39 is 31.1 Å². The summed E-state index contributed by atoms with van der Waals surface area (Å²) in [6.07, 6.45) is -1.31. The van der Waals surface area contributed by atoms with Crippen molar-refractivity contribution >= 4 is 11.0 Å². The molecule has 1 saturated heterocycles. The number of aliphatic hydroxyl groups is 3. The van der Waals surface area contributed by atoms with Crippen molar-refractivity contribution in [2.75, 3.05) is 6.61 Å². The van der Waals surface area contributed by atoms with Gasteiger partial charge in [-0.2, -0.15) is 0 Å². The number of fused-ring (bicyclic) bond motifs is 1. The molecule has 0 aliphatic carbocycles. The van der Waals surface area contributed by atoms with Crippen molar-refractivity contribution in [2.24, 2.45) is 0 Å². The molecule has 8 heteroatoms. The third-order valence-electron chi connectivity index (χ3n) is 3.29. The maximum absolute atomic E-state index is 11.5. The van der Waals surface area contributed by atoms with Gasteiger partial charge in [0.15, 0.2) is 11.7 Å². The minimum Gasteiger partial charge on any atom is -0.394 e. The van der Waals surface area contributed by atoms with Crippen LogP contribution in [0.5, 0.6) is 0 Å². The summed E-state index contributed by atoms with van der Waals surface area (Å²) < 4.78 is 6.85. The van der Waals surface area contributed by atoms with Crippen LogP contribution < -0.4 is 5.56 Å². The van der Waals surface area contributed by atoms with E-state index in [2.05, 4.69) is 9.97 Å². The summed E-state index contributed by atoms with van der Waals surface area (Å²) in [6, 6.07) is 1.62. The van der Waals surface area contributed by atoms with Gasteiger partial charge in [-0.1, -0.05) is 0 Å². The lowest BCUT2D eigenvalue weighted by Crippen LogP contribution is -2.33. The fourth-order valence-electron chi connectivity index (χ4n) is 2.29. The Morgan fingerprint density at radius 1 is 1.42 bits per heavy atom. The number of hydrogen-bond acceptors (Lipinski definition) is 6. The predicted octanol–water partition coefficient (Wildman–Crippen LogP) is -1.66. The molecule has 3 heterocycles. The van der Waals surface area contributed by atoms with Gasteiger partial charge in [-0.25, -0.2) is 4.98 Å². The monoisotopic (exact) mass is 267 g/mol. The second-order valence-electron chi connectivity index (χ2n) is 4.42. The molecule has 0 aromatic carbocycles. The summed E-state index contributed by atoms with van der Waals surface area (Å²) >= 11 is 0. The zero-order chi connectivity index (χ0) is 13.6. The van der Waals surface area contributed by atoms with Gasteiger partial charge in [-0.05, 0) is 6.07 Å². The van der Waals surface area contributed by atoms with Crippen molar-refractivity contribution in [3.05, 3.63) is 28.9 Å². The van der Waals surface area contributed by atoms with E-state index >= 15 is 0 Å². The van der Waals surface area contributed by atoms with E-state index in [0.717, 1.165) is 0 Å². The maximum Gasteiger partial charge on any atom is 0.276 e. The molecule has 102 valence electrons. The van der Waals surface area contributed by atoms with Gasteiger partial charge in [0.05, 0.1) is 18.5 Å². The zero-order valence-corrected chi connectivity index (χ0v) is 9.80. The minimum atomic E-state index is -1.20. The summed E-state index contributed by atoms with van der Waals surface area (Å²) in [5, 5.41) is 28.7. The molecule has 4 N–H and O–H groups in total. The fraction of sp³-hybridized carbons (Fsp3) is 0.455. The van der Waals surface area contributed by atoms with Crippen molar-refractivity contribution in [2.45, 2.75) is 24.5 Å². The van der Waals surface area contributed by atoms with Crippen molar-refractivity contribution in [3.8, 4) is 0 Å². The maximum atomic E-state index is 11.5. The van der Waals surface area contributed by atoms with Crippen LogP contribution in [0.25, 0.3) is 11.0 Å². The average Bonchev–Trinajstić information content (AvgIpc) is 2.94. The molecule has 1 aliphatic rings. The molecule has 0 spiro atoms. The van der Waals surface area contributed by atoms with Crippen LogP contribution in [-0.4, -0.2) is 54.8 Å². The van der Waals surface area contributed by atoms with Crippen LogP contribution in [0.15, 0.2) is 23.4 Å². The number of aromatic amines is 1. The number of aliphatic hydroxyl groups excluding tert-OH is 3. The number of ether oxygens (including phenoxy) is 1. The van der Waals surface area contributed by atoms with Crippen LogP contribution in [0.1, 0.15) is 6.23 Å². The Morgan fingerprint density at radius 3 is 2.89 bits per heavy atom. The molecule has 2 aromatic rings. The first-order valence-electron chi connectivity index (χ1n) is 5.80. The lowest BCUT2D eigenvalue weighted by molar-refractivity contribution is -0.0508. The first-order valence-corrected chi connectivity index (χ1v) is 5.80. The Balaban J connectivity index is 2.06. The molecule has 1 aliphatic heterocycles. The molecule has 4 atom stereocenters. The zero-order valence-electron chi connectivity index (χ0n) is 9.80. The largest absolute Gasteiger partial charge is 0.394 e. The van der Waals surface area contributed by atoms with Crippen molar-refractivity contribution in [1.82, 2.24) is 14.5 Å². The highest BCUT2D eigenvalue weighted by atomic mass is 16.6. The van der Waals surface area contributed by atoms with Gasteiger partial charge < -0.3 is 29.6 Å². The number of hydrogen-bond donors (Lipinski definition) is 4. The lowest BCUT2D eigenvalue weighted by Gasteiger charge is -2.16. The highest BCUT2D eigenvalue weighted by Crippen LogP contribution is 2.30. The van der Waals surface area contributed by atoms with Gasteiger partial charge >= 0.3 is 0 Å². The van der Waals surface area contributed by atoms with Crippen molar-refractivity contribution in [1.29, 1.82) is 0 Å². The third-order valence-corrected chi connectivity index (χ3v) is 3.29. The molecule has 1 fully saturated rings. The summed E-state index contributed by atoms with van der Waals surface area (Å²) in [5.74, 6) is 0. The van der Waals surface area contributed by atoms with Crippen LogP contribution >= 0.6 is 0 Å². The summed E-state index contributed by atoms with van der Waals surface area (Å²) in [4.78, 5) is 18.0. The van der Waals surface area contributed by atoms with E-state index in [1.165, 1.54) is 17.1 Å². The second kappa shape index (κ2) is 4.42. The quantitative estimate of drug-likeness (QED) is 0.516. The standard InChI is InChI=1S/C11H13N3O5/c15-3-6-8(16)9(17)11(19-6)14-4-13-7-5(14)1-2-12-10(7)18/h1-2,4,6,8-9,11,15-17H,3H2,(H,12,18)/t6-,8-,9-,11-/m1/s1. The topological polar surface area (TPSA) is 121 Å². The van der Waals surface area contributed by atoms with Gasteiger partial charge in [0, 0.05) is 6.20 Å². The summed E-state index contributed by atoms with van der Waals surface area (Å²) in [6.45, 7) is -0.401. The van der Waals surface area contributed by atoms with Gasteiger partial charge in [0.2, 0.25) is 0 Å². The average molecular weight is 267 g/mol. The Bertz CT molecular complexity index is 651. The van der Waals surface area contributed by atoms with E-state index in [-0.39, 0.29) is 11.1 Å². The molecule has 19 heavy (non-hydrogen) atoms. The number of aromatic nitrogens is 3. The first-order chi connectivity index (χ1) is 9.13. The highest BCUT2D eigenvalue weighted by molar-refractivity contribution is 5.73. The van der Waals surface area contributed by atoms with Gasteiger partial charge in [0.1, 0.15) is 18.3 Å². The minimum absolute atomic E-state index is 0.222. The van der Waals surface area contributed by atoms with E-state index in [9.17, 15) is 15.0 Å². The van der Waals surface area contributed by atoms with Crippen molar-refractivity contribution < 1.29 is 20.1 Å². The Kier molecular flexibility index (Phi) is 2.86. The Labute approximate surface area is 106 Å². The van der Waals surface area contributed by atoms with Crippen LogP contribution in [0.2, 0.25) is 0 Å². The molecule has 0 saturated carbocycles. The Hall–Kier alpha value is -1.74. The number of pyridine rings is 1. The fourth-order valence-corrected chi connectivity index (χ4v) is 2.29. The molecule has 0 amide bonds. The van der Waals surface area contributed by atoms with E-state index in [0.29, 0.717) is 5.52 Å². The summed E-state index contributed by atoms with van der Waals surface area (Å²) in [7, 11) is 0. The molecule has 8 nitrogen and oxygen atoms in total. The summed E-state index contributed by atoms with van der Waals surface area (Å²) in [5.41, 5.74) is 0.363. The molecular weight excluding hydrogens is 254 g/mol. The SMILES string of the molecule is O=c1[nH]ccc2c1ncn2[C@@H]1O[C@H](CO)[C@@H](O)[C@H]1O. The molecule has 0 bridgehead atoms. The van der Waals surface area contributed by atoms with Crippen LogP contribution in [0, 0.1) is 0 Å². The van der Waals surface area contributed by atoms with Gasteiger partial charge in [0.25, 0.3) is 5.56 Å². The number of rotatable bonds is 2. The van der Waals surface area contributed by atoms with E-state index in [1.807, 2.05) is 0 Å². The van der Waals surface area contributed by atoms with Crippen LogP contribution in [-0.2, 0) is 4.74 Å². The second-order valence-corrected chi connectivity index (χ2v) is 4.42. The molecule has 3 rings (SSSR count). The molecule has 0 unspecified atom stereocenters.